The highest BCUT2D eigenvalue weighted by Crippen LogP contribution is 2.20. The summed E-state index contributed by atoms with van der Waals surface area (Å²) in [4.78, 5) is 28.5. The van der Waals surface area contributed by atoms with E-state index in [1.807, 2.05) is 35.7 Å². The van der Waals surface area contributed by atoms with E-state index in [1.54, 1.807) is 21.1 Å². The smallest absolute Gasteiger partial charge is 0.272 e. The second-order valence-corrected chi connectivity index (χ2v) is 9.19. The molecule has 1 fully saturated rings. The number of thiophene rings is 1. The van der Waals surface area contributed by atoms with Crippen LogP contribution in [0.25, 0.3) is 0 Å². The third kappa shape index (κ3) is 5.73. The fraction of sp³-hybridized carbons (Fsp3) is 0.400. The third-order valence-corrected chi connectivity index (χ3v) is 6.81. The molecule has 6 nitrogen and oxygen atoms in total. The Bertz CT molecular complexity index is 790. The molecule has 2 heterocycles. The van der Waals surface area contributed by atoms with Crippen molar-refractivity contribution in [2.24, 2.45) is 0 Å². The van der Waals surface area contributed by atoms with E-state index in [2.05, 4.69) is 11.4 Å². The van der Waals surface area contributed by atoms with Gasteiger partial charge in [-0.2, -0.15) is 0 Å². The second-order valence-electron chi connectivity index (χ2n) is 6.71. The number of carbonyl (C=O) groups is 2. The van der Waals surface area contributed by atoms with E-state index in [9.17, 15) is 14.1 Å². The second kappa shape index (κ2) is 9.95. The van der Waals surface area contributed by atoms with Crippen LogP contribution in [0.1, 0.15) is 17.4 Å². The van der Waals surface area contributed by atoms with E-state index in [0.717, 1.165) is 17.8 Å². The summed E-state index contributed by atoms with van der Waals surface area (Å²) in [5.74, 6) is 0.277. The van der Waals surface area contributed by atoms with Crippen molar-refractivity contribution < 1.29 is 14.1 Å². The Morgan fingerprint density at radius 3 is 2.50 bits per heavy atom. The van der Waals surface area contributed by atoms with Gasteiger partial charge in [-0.1, -0.05) is 24.3 Å². The summed E-state index contributed by atoms with van der Waals surface area (Å²) in [6.45, 7) is 4.37. The van der Waals surface area contributed by atoms with Crippen molar-refractivity contribution in [2.75, 3.05) is 37.2 Å². The number of hydrogen-bond donors (Lipinski definition) is 1. The molecule has 0 saturated carbocycles. The van der Waals surface area contributed by atoms with Gasteiger partial charge in [-0.25, -0.2) is 0 Å². The molecule has 3 rings (SSSR count). The van der Waals surface area contributed by atoms with Crippen molar-refractivity contribution in [3.8, 4) is 0 Å². The molecular formula is C20H25N3O3S2. The van der Waals surface area contributed by atoms with Crippen molar-refractivity contribution in [3.63, 3.8) is 0 Å². The minimum atomic E-state index is -1.28. The molecule has 0 aliphatic carbocycles. The normalized spacial score (nSPS) is 15.4. The first kappa shape index (κ1) is 20.7. The molecule has 1 aliphatic heterocycles. The topological polar surface area (TPSA) is 75.7 Å². The Morgan fingerprint density at radius 1 is 1.11 bits per heavy atom. The lowest BCUT2D eigenvalue weighted by Crippen LogP contribution is -2.51. The summed E-state index contributed by atoms with van der Waals surface area (Å²) in [6.07, 6.45) is 0. The van der Waals surface area contributed by atoms with Crippen LogP contribution in [0.3, 0.4) is 0 Å². The van der Waals surface area contributed by atoms with Crippen LogP contribution in [0.4, 0.5) is 5.69 Å². The number of hydrogen-bond acceptors (Lipinski definition) is 5. The summed E-state index contributed by atoms with van der Waals surface area (Å²) in [5, 5.41) is 5.44. The molecule has 150 valence electrons. The van der Waals surface area contributed by atoms with Crippen molar-refractivity contribution in [3.05, 3.63) is 52.2 Å². The van der Waals surface area contributed by atoms with Crippen LogP contribution < -0.4 is 5.32 Å². The fourth-order valence-corrected chi connectivity index (χ4v) is 4.94. The maximum atomic E-state index is 12.6. The molecule has 2 aromatic rings. The standard InChI is InChI=1S/C20H25N3O3S2/c1-16(24)22-8-10-23(11-9-22)20(25)15-28(26)14-17-5-2-3-7-19(17)21-13-18-6-4-12-27-18/h2-7,12,21H,8-11,13-15H2,1H3. The van der Waals surface area contributed by atoms with Crippen molar-refractivity contribution in [2.45, 2.75) is 19.2 Å². The van der Waals surface area contributed by atoms with Crippen molar-refractivity contribution in [1.82, 2.24) is 9.80 Å². The van der Waals surface area contributed by atoms with Crippen LogP contribution >= 0.6 is 11.3 Å². The Morgan fingerprint density at radius 2 is 1.82 bits per heavy atom. The summed E-state index contributed by atoms with van der Waals surface area (Å²) in [7, 11) is 0. The molecule has 1 atom stereocenters. The molecule has 28 heavy (non-hydrogen) atoms. The molecule has 1 aromatic carbocycles. The molecule has 1 unspecified atom stereocenters. The van der Waals surface area contributed by atoms with Gasteiger partial charge in [-0.15, -0.1) is 11.3 Å². The van der Waals surface area contributed by atoms with Gasteiger partial charge in [0.2, 0.25) is 5.91 Å². The molecular weight excluding hydrogens is 394 g/mol. The highest BCUT2D eigenvalue weighted by molar-refractivity contribution is 7.91. The predicted octanol–water partition coefficient (Wildman–Crippen LogP) is 2.30. The van der Waals surface area contributed by atoms with E-state index >= 15 is 0 Å². The van der Waals surface area contributed by atoms with Gasteiger partial charge in [0.05, 0.1) is 0 Å². The lowest BCUT2D eigenvalue weighted by molar-refractivity contribution is -0.136. The average molecular weight is 420 g/mol. The SMILES string of the molecule is CC(=O)N1CCN(C(=O)C[S+]([O-])Cc2ccccc2NCc2cccs2)CC1. The maximum absolute atomic E-state index is 12.6. The van der Waals surface area contributed by atoms with Gasteiger partial charge in [-0.05, 0) is 28.7 Å². The Balaban J connectivity index is 1.51. The predicted molar refractivity (Wildman–Crippen MR) is 114 cm³/mol. The molecule has 1 aliphatic rings. The number of nitrogens with zero attached hydrogens (tertiary/aromatic N) is 2. The monoisotopic (exact) mass is 419 g/mol. The third-order valence-electron chi connectivity index (χ3n) is 4.73. The van der Waals surface area contributed by atoms with Gasteiger partial charge in [0.15, 0.2) is 5.75 Å². The van der Waals surface area contributed by atoms with Gasteiger partial charge in [0, 0.05) is 55.8 Å². The van der Waals surface area contributed by atoms with E-state index < -0.39 is 11.2 Å². The molecule has 1 N–H and O–H groups in total. The van der Waals surface area contributed by atoms with E-state index in [-0.39, 0.29) is 17.6 Å². The van der Waals surface area contributed by atoms with Crippen LogP contribution in [0.2, 0.25) is 0 Å². The number of benzene rings is 1. The number of nitrogens with one attached hydrogen (secondary N) is 1. The molecule has 0 spiro atoms. The highest BCUT2D eigenvalue weighted by Gasteiger charge is 2.25. The minimum Gasteiger partial charge on any atom is -0.616 e. The Labute approximate surface area is 172 Å². The Hall–Kier alpha value is -2.03. The first-order valence-electron chi connectivity index (χ1n) is 9.25. The molecule has 0 bridgehead atoms. The number of para-hydroxylation sites is 1. The summed E-state index contributed by atoms with van der Waals surface area (Å²) >= 11 is 0.411. The van der Waals surface area contributed by atoms with Gasteiger partial charge < -0.3 is 19.7 Å². The van der Waals surface area contributed by atoms with Crippen LogP contribution in [0.5, 0.6) is 0 Å². The number of carbonyl (C=O) groups excluding carboxylic acids is 2. The van der Waals surface area contributed by atoms with Crippen molar-refractivity contribution in [1.29, 1.82) is 0 Å². The highest BCUT2D eigenvalue weighted by atomic mass is 32.2. The van der Waals surface area contributed by atoms with E-state index in [4.69, 9.17) is 0 Å². The zero-order valence-corrected chi connectivity index (χ0v) is 17.6. The molecule has 0 radical (unpaired) electrons. The number of rotatable bonds is 7. The zero-order valence-electron chi connectivity index (χ0n) is 15.9. The molecule has 2 amide bonds. The van der Waals surface area contributed by atoms with Crippen LogP contribution in [0, 0.1) is 0 Å². The molecule has 1 saturated heterocycles. The fourth-order valence-electron chi connectivity index (χ4n) is 3.14. The lowest BCUT2D eigenvalue weighted by Gasteiger charge is -2.34. The van der Waals surface area contributed by atoms with Crippen LogP contribution in [0.15, 0.2) is 41.8 Å². The van der Waals surface area contributed by atoms with Gasteiger partial charge >= 0.3 is 0 Å². The molecule has 1 aromatic heterocycles. The van der Waals surface area contributed by atoms with E-state index in [0.29, 0.717) is 31.9 Å². The van der Waals surface area contributed by atoms with Crippen LogP contribution in [-0.4, -0.2) is 58.1 Å². The average Bonchev–Trinajstić information content (AvgIpc) is 3.21. The van der Waals surface area contributed by atoms with Gasteiger partial charge in [0.1, 0.15) is 5.75 Å². The minimum absolute atomic E-state index is 0.0132. The maximum Gasteiger partial charge on any atom is 0.272 e. The number of piperazine rings is 1. The quantitative estimate of drug-likeness (QED) is 0.699. The Kier molecular flexibility index (Phi) is 7.36. The number of anilines is 1. The molecule has 8 heteroatoms. The van der Waals surface area contributed by atoms with Gasteiger partial charge in [0.25, 0.3) is 5.91 Å². The first-order chi connectivity index (χ1) is 13.5. The summed E-state index contributed by atoms with van der Waals surface area (Å²) < 4.78 is 12.6. The van der Waals surface area contributed by atoms with Crippen molar-refractivity contribution >= 4 is 40.0 Å². The van der Waals surface area contributed by atoms with Crippen LogP contribution in [-0.2, 0) is 33.1 Å². The summed E-state index contributed by atoms with van der Waals surface area (Å²) in [5.41, 5.74) is 1.90. The summed E-state index contributed by atoms with van der Waals surface area (Å²) in [6, 6.07) is 11.9. The lowest BCUT2D eigenvalue weighted by atomic mass is 10.2. The number of amides is 2. The zero-order chi connectivity index (χ0) is 19.9. The first-order valence-corrected chi connectivity index (χ1v) is 11.6. The largest absolute Gasteiger partial charge is 0.616 e. The van der Waals surface area contributed by atoms with E-state index in [1.165, 1.54) is 11.8 Å². The van der Waals surface area contributed by atoms with Gasteiger partial charge in [-0.3, -0.25) is 9.59 Å².